The number of nitrogens with one attached hydrogen (secondary N) is 4. The molecule has 236 valence electrons. The second kappa shape index (κ2) is 13.8. The second-order valence-corrected chi connectivity index (χ2v) is 9.05. The fraction of sp³-hybridized carbons (Fsp3) is 0.385. The van der Waals surface area contributed by atoms with Crippen LogP contribution in [0.4, 0.5) is 35.1 Å². The van der Waals surface area contributed by atoms with Gasteiger partial charge in [0.05, 0.1) is 34.5 Å². The molecular formula is C26H26F8N4O5. The van der Waals surface area contributed by atoms with E-state index in [4.69, 9.17) is 4.74 Å². The number of alkyl halides is 6. The van der Waals surface area contributed by atoms with Crippen LogP contribution in [-0.2, 0) is 26.7 Å². The van der Waals surface area contributed by atoms with E-state index < -0.39 is 94.2 Å². The van der Waals surface area contributed by atoms with Gasteiger partial charge in [0.15, 0.2) is 0 Å². The fourth-order valence-corrected chi connectivity index (χ4v) is 3.93. The van der Waals surface area contributed by atoms with Gasteiger partial charge in [-0.1, -0.05) is 0 Å². The van der Waals surface area contributed by atoms with Gasteiger partial charge >= 0.3 is 12.4 Å². The highest BCUT2D eigenvalue weighted by atomic mass is 19.4. The average molecular weight is 627 g/mol. The summed E-state index contributed by atoms with van der Waals surface area (Å²) >= 11 is 0. The predicted molar refractivity (Wildman–Crippen MR) is 133 cm³/mol. The van der Waals surface area contributed by atoms with E-state index in [2.05, 4.69) is 21.3 Å². The normalized spacial score (nSPS) is 14.6. The number of ether oxygens (including phenoxy) is 1. The van der Waals surface area contributed by atoms with Crippen molar-refractivity contribution in [1.29, 1.82) is 0 Å². The van der Waals surface area contributed by atoms with E-state index in [1.54, 1.807) is 0 Å². The molecule has 0 saturated heterocycles. The van der Waals surface area contributed by atoms with E-state index in [0.717, 1.165) is 14.1 Å². The molecule has 0 heterocycles. The lowest BCUT2D eigenvalue weighted by Gasteiger charge is -2.30. The number of carbonyl (C=O) groups excluding carboxylic acids is 4. The number of likely N-dealkylation sites (N-methyl/N-ethyl adjacent to an activating group) is 2. The number of halogens is 8. The van der Waals surface area contributed by atoms with Gasteiger partial charge in [-0.2, -0.15) is 26.3 Å². The van der Waals surface area contributed by atoms with Crippen molar-refractivity contribution in [2.24, 2.45) is 0 Å². The molecule has 4 amide bonds. The van der Waals surface area contributed by atoms with E-state index in [-0.39, 0.29) is 12.1 Å². The molecule has 43 heavy (non-hydrogen) atoms. The zero-order valence-corrected chi connectivity index (χ0v) is 22.8. The summed E-state index contributed by atoms with van der Waals surface area (Å²) in [5.74, 6) is -7.35. The van der Waals surface area contributed by atoms with Crippen LogP contribution < -0.4 is 21.3 Å². The molecule has 0 aliphatic heterocycles. The molecule has 4 unspecified atom stereocenters. The minimum absolute atomic E-state index is 0.0910. The SMILES string of the molecule is CNC(=O)C(NC(=O)c1ccc(F)cc1C(F)(F)F)C(C)OC(C)C(NC(=O)c1ccc(F)cc1C(F)(F)F)C(=O)NC. The van der Waals surface area contributed by atoms with Crippen molar-refractivity contribution in [2.45, 2.75) is 50.5 Å². The Kier molecular flexibility index (Phi) is 11.2. The van der Waals surface area contributed by atoms with Crippen molar-refractivity contribution in [3.63, 3.8) is 0 Å². The Morgan fingerprint density at radius 1 is 0.651 bits per heavy atom. The summed E-state index contributed by atoms with van der Waals surface area (Å²) in [6.45, 7) is 2.35. The first-order valence-electron chi connectivity index (χ1n) is 12.3. The van der Waals surface area contributed by atoms with Gasteiger partial charge < -0.3 is 26.0 Å². The van der Waals surface area contributed by atoms with Gasteiger partial charge in [-0.15, -0.1) is 0 Å². The summed E-state index contributed by atoms with van der Waals surface area (Å²) in [5.41, 5.74) is -5.27. The molecule has 4 atom stereocenters. The number of rotatable bonds is 10. The van der Waals surface area contributed by atoms with Crippen molar-refractivity contribution in [3.05, 3.63) is 70.3 Å². The summed E-state index contributed by atoms with van der Waals surface area (Å²) < 4.78 is 113. The van der Waals surface area contributed by atoms with E-state index in [1.807, 2.05) is 0 Å². The van der Waals surface area contributed by atoms with Gasteiger partial charge in [0.1, 0.15) is 23.7 Å². The van der Waals surface area contributed by atoms with E-state index in [1.165, 1.54) is 13.8 Å². The van der Waals surface area contributed by atoms with Crippen LogP contribution >= 0.6 is 0 Å². The first-order chi connectivity index (χ1) is 19.8. The van der Waals surface area contributed by atoms with Crippen LogP contribution in [0.2, 0.25) is 0 Å². The molecule has 0 aliphatic rings. The first-order valence-corrected chi connectivity index (χ1v) is 12.3. The Labute approximate surface area is 239 Å². The molecule has 0 spiro atoms. The van der Waals surface area contributed by atoms with Crippen LogP contribution in [0.1, 0.15) is 45.7 Å². The maximum absolute atomic E-state index is 13.5. The molecule has 0 bridgehead atoms. The lowest BCUT2D eigenvalue weighted by molar-refractivity contribution is -0.138. The van der Waals surface area contributed by atoms with Crippen LogP contribution in [0.25, 0.3) is 0 Å². The molecule has 0 radical (unpaired) electrons. The van der Waals surface area contributed by atoms with Gasteiger partial charge in [0, 0.05) is 14.1 Å². The molecule has 2 aromatic rings. The van der Waals surface area contributed by atoms with Crippen LogP contribution in [-0.4, -0.2) is 62.0 Å². The summed E-state index contributed by atoms with van der Waals surface area (Å²) in [4.78, 5) is 50.6. The van der Waals surface area contributed by atoms with E-state index >= 15 is 0 Å². The summed E-state index contributed by atoms with van der Waals surface area (Å²) in [6, 6.07) is -0.940. The molecule has 0 fully saturated rings. The molecule has 9 nitrogen and oxygen atoms in total. The zero-order chi connectivity index (χ0) is 32.9. The smallest absolute Gasteiger partial charge is 0.370 e. The van der Waals surface area contributed by atoms with Crippen molar-refractivity contribution in [2.75, 3.05) is 14.1 Å². The monoisotopic (exact) mass is 626 g/mol. The molecule has 0 aliphatic carbocycles. The highest BCUT2D eigenvalue weighted by Gasteiger charge is 2.39. The van der Waals surface area contributed by atoms with Gasteiger partial charge in [-0.25, -0.2) is 8.78 Å². The highest BCUT2D eigenvalue weighted by Crippen LogP contribution is 2.33. The Bertz CT molecular complexity index is 1260. The molecular weight excluding hydrogens is 600 g/mol. The number of amides is 4. The molecule has 17 heteroatoms. The minimum Gasteiger partial charge on any atom is -0.370 e. The number of carbonyl (C=O) groups is 4. The molecule has 4 N–H and O–H groups in total. The first kappa shape index (κ1) is 34.9. The van der Waals surface area contributed by atoms with Crippen LogP contribution in [0.15, 0.2) is 36.4 Å². The number of hydrogen-bond acceptors (Lipinski definition) is 5. The predicted octanol–water partition coefficient (Wildman–Crippen LogP) is 3.19. The minimum atomic E-state index is -5.14. The van der Waals surface area contributed by atoms with Crippen molar-refractivity contribution >= 4 is 23.6 Å². The third-order valence-electron chi connectivity index (χ3n) is 6.06. The Morgan fingerprint density at radius 2 is 0.977 bits per heavy atom. The van der Waals surface area contributed by atoms with Gasteiger partial charge in [0.25, 0.3) is 11.8 Å². The zero-order valence-electron chi connectivity index (χ0n) is 22.8. The lowest BCUT2D eigenvalue weighted by Crippen LogP contribution is -2.57. The third-order valence-corrected chi connectivity index (χ3v) is 6.06. The lowest BCUT2D eigenvalue weighted by atomic mass is 10.0. The molecule has 0 aromatic heterocycles. The summed E-state index contributed by atoms with van der Waals surface area (Å²) in [6.07, 6.45) is -13.1. The van der Waals surface area contributed by atoms with Crippen LogP contribution in [0, 0.1) is 11.6 Å². The Morgan fingerprint density at radius 3 is 1.26 bits per heavy atom. The van der Waals surface area contributed by atoms with Gasteiger partial charge in [-0.3, -0.25) is 19.2 Å². The van der Waals surface area contributed by atoms with Crippen molar-refractivity contribution in [1.82, 2.24) is 21.3 Å². The standard InChI is InChI=1S/C26H26F8N4O5/c1-11(19(23(41)35-3)37-21(39)15-7-5-13(27)9-17(15)25(29,30)31)43-12(2)20(24(42)36-4)38-22(40)16-8-6-14(28)10-18(16)26(32,33)34/h5-12,19-20H,1-4H3,(H,35,41)(H,36,42)(H,37,39)(H,38,40). The maximum Gasteiger partial charge on any atom is 0.417 e. The summed E-state index contributed by atoms with van der Waals surface area (Å²) in [7, 11) is 2.26. The molecule has 0 saturated carbocycles. The maximum atomic E-state index is 13.5. The Hall–Kier alpha value is -4.28. The van der Waals surface area contributed by atoms with Gasteiger partial charge in [0.2, 0.25) is 11.8 Å². The van der Waals surface area contributed by atoms with Gasteiger partial charge in [-0.05, 0) is 50.2 Å². The largest absolute Gasteiger partial charge is 0.417 e. The second-order valence-electron chi connectivity index (χ2n) is 9.05. The quantitative estimate of drug-likeness (QED) is 0.302. The molecule has 2 aromatic carbocycles. The van der Waals surface area contributed by atoms with Crippen LogP contribution in [0.5, 0.6) is 0 Å². The van der Waals surface area contributed by atoms with Crippen molar-refractivity contribution < 1.29 is 59.0 Å². The molecule has 2 rings (SSSR count). The van der Waals surface area contributed by atoms with E-state index in [9.17, 15) is 54.3 Å². The highest BCUT2D eigenvalue weighted by molar-refractivity contribution is 6.00. The third kappa shape index (κ3) is 8.86. The Balaban J connectivity index is 2.34. The van der Waals surface area contributed by atoms with E-state index in [0.29, 0.717) is 24.3 Å². The van der Waals surface area contributed by atoms with Crippen LogP contribution in [0.3, 0.4) is 0 Å². The topological polar surface area (TPSA) is 126 Å². The fourth-order valence-electron chi connectivity index (χ4n) is 3.93. The number of benzene rings is 2. The summed E-state index contributed by atoms with van der Waals surface area (Å²) in [5, 5.41) is 8.44. The van der Waals surface area contributed by atoms with Crippen molar-refractivity contribution in [3.8, 4) is 0 Å². The average Bonchev–Trinajstić information content (AvgIpc) is 2.92. The number of hydrogen-bond donors (Lipinski definition) is 4.